The van der Waals surface area contributed by atoms with Gasteiger partial charge in [-0.3, -0.25) is 24.0 Å². The molecular weight excluding hydrogens is 303 g/mol. The molecule has 6 heteroatoms. The zero-order chi connectivity index (χ0) is 13.1. The van der Waals surface area contributed by atoms with Crippen LogP contribution in [0, 0.1) is 5.41 Å². The van der Waals surface area contributed by atoms with Crippen molar-refractivity contribution < 1.29 is 50.2 Å². The van der Waals surface area contributed by atoms with E-state index in [-0.39, 0.29) is 26.2 Å². The average molecular weight is 317 g/mol. The molecule has 0 bridgehead atoms. The van der Waals surface area contributed by atoms with E-state index in [0.717, 1.165) is 27.7 Å². The van der Waals surface area contributed by atoms with Crippen LogP contribution >= 0.6 is 0 Å². The maximum Gasteiger partial charge on any atom is 0.202 e. The molecule has 0 aliphatic heterocycles. The first-order valence-electron chi connectivity index (χ1n) is 4.73. The minimum absolute atomic E-state index is 0. The predicted molar refractivity (Wildman–Crippen MR) is 54.8 cm³/mol. The fourth-order valence-corrected chi connectivity index (χ4v) is 1.69. The summed E-state index contributed by atoms with van der Waals surface area (Å²) in [7, 11) is 0. The Labute approximate surface area is 118 Å². The van der Waals surface area contributed by atoms with E-state index in [1.165, 1.54) is 0 Å². The largest absolute Gasteiger partial charge is 0.300 e. The van der Waals surface area contributed by atoms with Crippen molar-refractivity contribution in [2.75, 3.05) is 0 Å². The van der Waals surface area contributed by atoms with E-state index in [4.69, 9.17) is 0 Å². The molecule has 0 amide bonds. The molecule has 5 nitrogen and oxygen atoms in total. The minimum atomic E-state index is -2.29. The van der Waals surface area contributed by atoms with Crippen molar-refractivity contribution in [2.24, 2.45) is 5.41 Å². The Bertz CT molecular complexity index is 347. The van der Waals surface area contributed by atoms with Gasteiger partial charge < -0.3 is 0 Å². The van der Waals surface area contributed by atoms with Crippen LogP contribution in [-0.2, 0) is 50.2 Å². The van der Waals surface area contributed by atoms with Crippen molar-refractivity contribution >= 4 is 28.9 Å². The van der Waals surface area contributed by atoms with Gasteiger partial charge in [0.1, 0.15) is 5.78 Å². The van der Waals surface area contributed by atoms with Gasteiger partial charge in [0.05, 0.1) is 6.42 Å². The number of hydrogen-bond acceptors (Lipinski definition) is 5. The third-order valence-corrected chi connectivity index (χ3v) is 2.41. The third kappa shape index (κ3) is 3.60. The fourth-order valence-electron chi connectivity index (χ4n) is 1.69. The third-order valence-electron chi connectivity index (χ3n) is 2.41. The Balaban J connectivity index is 0. The van der Waals surface area contributed by atoms with Crippen molar-refractivity contribution in [3.63, 3.8) is 0 Å². The first-order valence-corrected chi connectivity index (χ1v) is 4.73. The van der Waals surface area contributed by atoms with Crippen molar-refractivity contribution in [3.05, 3.63) is 0 Å². The molecule has 0 saturated carbocycles. The molecule has 0 aliphatic rings. The Morgan fingerprint density at radius 3 is 1.24 bits per heavy atom. The number of carbonyl (C=O) groups is 5. The maximum absolute atomic E-state index is 11.7. The van der Waals surface area contributed by atoms with Crippen LogP contribution in [-0.4, -0.2) is 28.9 Å². The van der Waals surface area contributed by atoms with Gasteiger partial charge in [-0.05, 0) is 27.7 Å². The van der Waals surface area contributed by atoms with E-state index in [2.05, 4.69) is 0 Å². The summed E-state index contributed by atoms with van der Waals surface area (Å²) < 4.78 is 0. The summed E-state index contributed by atoms with van der Waals surface area (Å²) in [6, 6.07) is 0. The summed E-state index contributed by atoms with van der Waals surface area (Å²) in [6.07, 6.45) is -0.585. The quantitative estimate of drug-likeness (QED) is 0.657. The van der Waals surface area contributed by atoms with Gasteiger partial charge in [-0.1, -0.05) is 0 Å². The summed E-state index contributed by atoms with van der Waals surface area (Å²) in [6.45, 7) is 4.16. The molecule has 0 radical (unpaired) electrons. The zero-order valence-electron chi connectivity index (χ0n) is 10.2. The zero-order valence-corrected chi connectivity index (χ0v) is 12.7. The van der Waals surface area contributed by atoms with Crippen LogP contribution in [0.15, 0.2) is 0 Å². The molecule has 0 rings (SSSR count). The first kappa shape index (κ1) is 18.6. The van der Waals surface area contributed by atoms with Gasteiger partial charge in [-0.25, -0.2) is 0 Å². The molecule has 0 N–H and O–H groups in total. The van der Waals surface area contributed by atoms with Crippen LogP contribution in [0.25, 0.3) is 0 Å². The molecule has 0 unspecified atom stereocenters. The molecule has 0 spiro atoms. The van der Waals surface area contributed by atoms with Gasteiger partial charge in [0.25, 0.3) is 0 Å². The second-order valence-corrected chi connectivity index (χ2v) is 3.72. The van der Waals surface area contributed by atoms with Crippen molar-refractivity contribution in [2.45, 2.75) is 34.1 Å². The van der Waals surface area contributed by atoms with Crippen molar-refractivity contribution in [1.29, 1.82) is 0 Å². The first-order chi connectivity index (χ1) is 7.17. The van der Waals surface area contributed by atoms with E-state index in [1.54, 1.807) is 0 Å². The average Bonchev–Trinajstić information content (AvgIpc) is 1.99. The predicted octanol–water partition coefficient (Wildman–Crippen LogP) is 0.285. The Hall–Kier alpha value is -0.767. The molecular formula is C11H14O5Zr. The molecule has 0 aliphatic carbocycles. The summed E-state index contributed by atoms with van der Waals surface area (Å²) in [5, 5.41) is 0. The van der Waals surface area contributed by atoms with Gasteiger partial charge >= 0.3 is 0 Å². The molecule has 0 aromatic heterocycles. The maximum atomic E-state index is 11.7. The topological polar surface area (TPSA) is 85.3 Å². The number of Topliss-reactive ketones (excluding diaryl/α,β-unsaturated/α-hetero) is 5. The SMILES string of the molecule is CC(=O)CC(=O)C(C(C)=O)(C(C)=O)C(C)=O.[Zr]. The minimum Gasteiger partial charge on any atom is -0.300 e. The van der Waals surface area contributed by atoms with E-state index in [0.29, 0.717) is 0 Å². The van der Waals surface area contributed by atoms with Gasteiger partial charge in [0.15, 0.2) is 23.1 Å². The van der Waals surface area contributed by atoms with Crippen LogP contribution < -0.4 is 0 Å². The number of hydrogen-bond donors (Lipinski definition) is 0. The van der Waals surface area contributed by atoms with E-state index in [1.807, 2.05) is 0 Å². The standard InChI is InChI=1S/C11H14O5.Zr/c1-6(12)5-10(16)11(7(2)13,8(3)14)9(4)15;/h5H2,1-4H3;. The van der Waals surface area contributed by atoms with Crippen LogP contribution in [0.2, 0.25) is 0 Å². The number of rotatable bonds is 6. The second-order valence-electron chi connectivity index (χ2n) is 3.72. The molecule has 0 atom stereocenters. The molecule has 0 fully saturated rings. The molecule has 0 aromatic rings. The van der Waals surface area contributed by atoms with Gasteiger partial charge in [0, 0.05) is 26.2 Å². The normalized spacial score (nSPS) is 10.1. The van der Waals surface area contributed by atoms with E-state index < -0.39 is 40.8 Å². The second kappa shape index (κ2) is 6.84. The van der Waals surface area contributed by atoms with E-state index >= 15 is 0 Å². The van der Waals surface area contributed by atoms with Gasteiger partial charge in [-0.2, -0.15) is 0 Å². The monoisotopic (exact) mass is 316 g/mol. The molecule has 17 heavy (non-hydrogen) atoms. The smallest absolute Gasteiger partial charge is 0.202 e. The van der Waals surface area contributed by atoms with Gasteiger partial charge in [-0.15, -0.1) is 0 Å². The van der Waals surface area contributed by atoms with E-state index in [9.17, 15) is 24.0 Å². The Morgan fingerprint density at radius 2 is 1.06 bits per heavy atom. The fraction of sp³-hybridized carbons (Fsp3) is 0.545. The summed E-state index contributed by atoms with van der Waals surface area (Å²) >= 11 is 0. The number of ketones is 5. The van der Waals surface area contributed by atoms with Crippen LogP contribution in [0.5, 0.6) is 0 Å². The van der Waals surface area contributed by atoms with Crippen LogP contribution in [0.3, 0.4) is 0 Å². The Kier molecular flexibility index (Phi) is 7.49. The Morgan fingerprint density at radius 1 is 0.765 bits per heavy atom. The van der Waals surface area contributed by atoms with Crippen LogP contribution in [0.1, 0.15) is 34.1 Å². The molecule has 0 saturated heterocycles. The van der Waals surface area contributed by atoms with Crippen LogP contribution in [0.4, 0.5) is 0 Å². The summed E-state index contributed by atoms with van der Waals surface area (Å²) in [5.41, 5.74) is -2.29. The van der Waals surface area contributed by atoms with Gasteiger partial charge in [0.2, 0.25) is 5.41 Å². The molecule has 92 valence electrons. The molecule has 0 heterocycles. The summed E-state index contributed by atoms with van der Waals surface area (Å²) in [5.74, 6) is -3.93. The number of carbonyl (C=O) groups excluding carboxylic acids is 5. The van der Waals surface area contributed by atoms with Crippen molar-refractivity contribution in [3.8, 4) is 0 Å². The summed E-state index contributed by atoms with van der Waals surface area (Å²) in [4.78, 5) is 56.7. The molecule has 0 aromatic carbocycles. The van der Waals surface area contributed by atoms with Crippen molar-refractivity contribution in [1.82, 2.24) is 0 Å².